The number of rotatable bonds is 6. The number of halogens is 1. The molecule has 3 amide bonds. The number of anilines is 2. The lowest BCUT2D eigenvalue weighted by molar-refractivity contribution is 0.102. The van der Waals surface area contributed by atoms with Crippen LogP contribution in [0.1, 0.15) is 34.7 Å². The number of hydrogen-bond donors (Lipinski definition) is 2. The summed E-state index contributed by atoms with van der Waals surface area (Å²) in [5, 5.41) is 6.47. The van der Waals surface area contributed by atoms with Gasteiger partial charge in [-0.3, -0.25) is 4.79 Å². The van der Waals surface area contributed by atoms with Crippen molar-refractivity contribution < 1.29 is 19.1 Å². The van der Waals surface area contributed by atoms with Crippen LogP contribution in [-0.2, 0) is 0 Å². The standard InChI is InChI=1S/C27H28ClN3O4/c1-34-24-13-12-23(16-25(24)35-2)29-26(32)19-6-3-5-18(15-19)20-7-4-14-31(17-20)27(33)30-22-10-8-21(28)9-11-22/h3,5-6,8-13,15-16,20H,4,7,14,17H2,1-2H3,(H,29,32)(H,30,33)/t20-/m1/s1. The maximum absolute atomic E-state index is 12.9. The van der Waals surface area contributed by atoms with Crippen LogP contribution in [0.4, 0.5) is 16.2 Å². The summed E-state index contributed by atoms with van der Waals surface area (Å²) in [7, 11) is 3.12. The van der Waals surface area contributed by atoms with Crippen LogP contribution in [0.25, 0.3) is 0 Å². The van der Waals surface area contributed by atoms with Crippen molar-refractivity contribution in [3.8, 4) is 11.5 Å². The van der Waals surface area contributed by atoms with Gasteiger partial charge in [-0.05, 0) is 66.9 Å². The number of likely N-dealkylation sites (tertiary alicyclic amines) is 1. The van der Waals surface area contributed by atoms with E-state index in [4.69, 9.17) is 21.1 Å². The first-order valence-corrected chi connectivity index (χ1v) is 11.8. The van der Waals surface area contributed by atoms with Crippen molar-refractivity contribution in [2.75, 3.05) is 37.9 Å². The summed E-state index contributed by atoms with van der Waals surface area (Å²) in [6.07, 6.45) is 1.84. The van der Waals surface area contributed by atoms with E-state index in [0.29, 0.717) is 46.5 Å². The van der Waals surface area contributed by atoms with Crippen LogP contribution in [0.2, 0.25) is 5.02 Å². The maximum Gasteiger partial charge on any atom is 0.321 e. The molecule has 0 bridgehead atoms. The minimum Gasteiger partial charge on any atom is -0.493 e. The summed E-state index contributed by atoms with van der Waals surface area (Å²) in [4.78, 5) is 27.6. The fourth-order valence-electron chi connectivity index (χ4n) is 4.22. The first kappa shape index (κ1) is 24.4. The molecule has 1 fully saturated rings. The zero-order chi connectivity index (χ0) is 24.8. The molecule has 0 radical (unpaired) electrons. The van der Waals surface area contributed by atoms with Gasteiger partial charge < -0.3 is 25.0 Å². The Balaban J connectivity index is 1.42. The van der Waals surface area contributed by atoms with Crippen molar-refractivity contribution in [1.82, 2.24) is 4.90 Å². The summed E-state index contributed by atoms with van der Waals surface area (Å²) < 4.78 is 10.6. The van der Waals surface area contributed by atoms with Crippen LogP contribution < -0.4 is 20.1 Å². The van der Waals surface area contributed by atoms with E-state index in [-0.39, 0.29) is 17.9 Å². The number of amides is 3. The van der Waals surface area contributed by atoms with E-state index in [1.54, 1.807) is 62.8 Å². The third kappa shape index (κ3) is 6.05. The van der Waals surface area contributed by atoms with Gasteiger partial charge in [0.1, 0.15) is 0 Å². The van der Waals surface area contributed by atoms with Gasteiger partial charge in [0, 0.05) is 47.0 Å². The molecule has 3 aromatic rings. The number of methoxy groups -OCH3 is 2. The smallest absolute Gasteiger partial charge is 0.321 e. The van der Waals surface area contributed by atoms with Crippen molar-refractivity contribution in [3.05, 3.63) is 82.9 Å². The number of piperidine rings is 1. The molecule has 1 atom stereocenters. The van der Waals surface area contributed by atoms with Crippen LogP contribution in [0.5, 0.6) is 11.5 Å². The van der Waals surface area contributed by atoms with Gasteiger partial charge >= 0.3 is 6.03 Å². The molecular formula is C27H28ClN3O4. The first-order chi connectivity index (χ1) is 17.0. The summed E-state index contributed by atoms with van der Waals surface area (Å²) in [5.74, 6) is 1.06. The van der Waals surface area contributed by atoms with Crippen LogP contribution >= 0.6 is 11.6 Å². The van der Waals surface area contributed by atoms with E-state index in [2.05, 4.69) is 10.6 Å². The summed E-state index contributed by atoms with van der Waals surface area (Å²) in [6, 6.07) is 19.7. The van der Waals surface area contributed by atoms with E-state index in [9.17, 15) is 9.59 Å². The molecule has 0 spiro atoms. The van der Waals surface area contributed by atoms with Crippen molar-refractivity contribution in [1.29, 1.82) is 0 Å². The normalized spacial score (nSPS) is 15.3. The van der Waals surface area contributed by atoms with Crippen LogP contribution in [-0.4, -0.2) is 44.1 Å². The Hall–Kier alpha value is -3.71. The van der Waals surface area contributed by atoms with E-state index >= 15 is 0 Å². The predicted octanol–water partition coefficient (Wildman–Crippen LogP) is 6.02. The molecule has 1 saturated heterocycles. The fraction of sp³-hybridized carbons (Fsp3) is 0.259. The van der Waals surface area contributed by atoms with Gasteiger partial charge in [-0.2, -0.15) is 0 Å². The Morgan fingerprint density at radius 2 is 1.66 bits per heavy atom. The molecule has 7 nitrogen and oxygen atoms in total. The molecule has 0 unspecified atom stereocenters. The molecule has 2 N–H and O–H groups in total. The molecule has 35 heavy (non-hydrogen) atoms. The second-order valence-corrected chi connectivity index (χ2v) is 8.81. The number of hydrogen-bond acceptors (Lipinski definition) is 4. The van der Waals surface area contributed by atoms with Crippen molar-refractivity contribution in [3.63, 3.8) is 0 Å². The van der Waals surface area contributed by atoms with Crippen LogP contribution in [0.3, 0.4) is 0 Å². The number of nitrogens with one attached hydrogen (secondary N) is 2. The number of urea groups is 1. The highest BCUT2D eigenvalue weighted by molar-refractivity contribution is 6.30. The monoisotopic (exact) mass is 493 g/mol. The Morgan fingerprint density at radius 1 is 0.914 bits per heavy atom. The van der Waals surface area contributed by atoms with Gasteiger partial charge in [0.2, 0.25) is 0 Å². The highest BCUT2D eigenvalue weighted by Gasteiger charge is 2.25. The maximum atomic E-state index is 12.9. The first-order valence-electron chi connectivity index (χ1n) is 11.4. The molecule has 0 saturated carbocycles. The predicted molar refractivity (Wildman–Crippen MR) is 138 cm³/mol. The average molecular weight is 494 g/mol. The highest BCUT2D eigenvalue weighted by atomic mass is 35.5. The fourth-order valence-corrected chi connectivity index (χ4v) is 4.35. The topological polar surface area (TPSA) is 79.9 Å². The molecule has 3 aromatic carbocycles. The molecule has 0 aliphatic carbocycles. The number of carbonyl (C=O) groups is 2. The van der Waals surface area contributed by atoms with Crippen LogP contribution in [0, 0.1) is 0 Å². The summed E-state index contributed by atoms with van der Waals surface area (Å²) in [5.41, 5.74) is 2.91. The summed E-state index contributed by atoms with van der Waals surface area (Å²) in [6.45, 7) is 1.27. The van der Waals surface area contributed by atoms with Gasteiger partial charge in [0.05, 0.1) is 14.2 Å². The number of benzene rings is 3. The van der Waals surface area contributed by atoms with E-state index in [0.717, 1.165) is 18.4 Å². The van der Waals surface area contributed by atoms with Crippen molar-refractivity contribution in [2.24, 2.45) is 0 Å². The van der Waals surface area contributed by atoms with Gasteiger partial charge in [0.25, 0.3) is 5.91 Å². The Kier molecular flexibility index (Phi) is 7.77. The van der Waals surface area contributed by atoms with Crippen molar-refractivity contribution in [2.45, 2.75) is 18.8 Å². The van der Waals surface area contributed by atoms with Gasteiger partial charge in [-0.1, -0.05) is 23.7 Å². The zero-order valence-corrected chi connectivity index (χ0v) is 20.5. The lowest BCUT2D eigenvalue weighted by Gasteiger charge is -2.33. The minimum absolute atomic E-state index is 0.139. The molecule has 1 aliphatic heterocycles. The van der Waals surface area contributed by atoms with Gasteiger partial charge in [-0.25, -0.2) is 4.79 Å². The molecule has 1 heterocycles. The molecule has 4 rings (SSSR count). The van der Waals surface area contributed by atoms with Gasteiger partial charge in [-0.15, -0.1) is 0 Å². The Bertz CT molecular complexity index is 1200. The van der Waals surface area contributed by atoms with Crippen molar-refractivity contribution >= 4 is 34.9 Å². The molecule has 1 aliphatic rings. The summed E-state index contributed by atoms with van der Waals surface area (Å²) >= 11 is 5.93. The number of nitrogens with zero attached hydrogens (tertiary/aromatic N) is 1. The molecule has 0 aromatic heterocycles. The number of ether oxygens (including phenoxy) is 2. The third-order valence-electron chi connectivity index (χ3n) is 6.07. The lowest BCUT2D eigenvalue weighted by atomic mass is 9.89. The number of carbonyl (C=O) groups excluding carboxylic acids is 2. The largest absolute Gasteiger partial charge is 0.493 e. The van der Waals surface area contributed by atoms with E-state index in [1.807, 2.05) is 23.1 Å². The van der Waals surface area contributed by atoms with Gasteiger partial charge in [0.15, 0.2) is 11.5 Å². The van der Waals surface area contributed by atoms with Crippen LogP contribution in [0.15, 0.2) is 66.7 Å². The third-order valence-corrected chi connectivity index (χ3v) is 6.32. The minimum atomic E-state index is -0.216. The Morgan fingerprint density at radius 3 is 2.40 bits per heavy atom. The molecular weight excluding hydrogens is 466 g/mol. The lowest BCUT2D eigenvalue weighted by Crippen LogP contribution is -2.41. The van der Waals surface area contributed by atoms with E-state index < -0.39 is 0 Å². The van der Waals surface area contributed by atoms with E-state index in [1.165, 1.54) is 0 Å². The quantitative estimate of drug-likeness (QED) is 0.440. The second-order valence-electron chi connectivity index (χ2n) is 8.37. The average Bonchev–Trinajstić information content (AvgIpc) is 2.90. The Labute approximate surface area is 210 Å². The zero-order valence-electron chi connectivity index (χ0n) is 19.7. The SMILES string of the molecule is COc1ccc(NC(=O)c2cccc([C@@H]3CCCN(C(=O)Nc4ccc(Cl)cc4)C3)c2)cc1OC. The molecule has 8 heteroatoms. The second kappa shape index (κ2) is 11.1. The molecule has 182 valence electrons. The highest BCUT2D eigenvalue weighted by Crippen LogP contribution is 2.31.